The summed E-state index contributed by atoms with van der Waals surface area (Å²) in [5.41, 5.74) is 6.12. The number of benzene rings is 1. The molecule has 0 unspecified atom stereocenters. The Kier molecular flexibility index (Phi) is 4.24. The van der Waals surface area contributed by atoms with E-state index in [4.69, 9.17) is 5.73 Å². The average Bonchev–Trinajstić information content (AvgIpc) is 2.38. The van der Waals surface area contributed by atoms with Gasteiger partial charge in [-0.15, -0.1) is 0 Å². The molecule has 0 saturated heterocycles. The minimum absolute atomic E-state index is 0.285. The minimum atomic E-state index is -3.38. The predicted octanol–water partition coefficient (Wildman–Crippen LogP) is 2.13. The normalized spacial score (nSPS) is 17.8. The average molecular weight is 268 g/mol. The molecule has 0 heterocycles. The Morgan fingerprint density at radius 1 is 1.11 bits per heavy atom. The molecule has 0 atom stereocenters. The number of nitrogens with one attached hydrogen (secondary N) is 1. The summed E-state index contributed by atoms with van der Waals surface area (Å²) in [5, 5.41) is 0. The number of nitrogens with two attached hydrogens (primary N) is 1. The van der Waals surface area contributed by atoms with Crippen molar-refractivity contribution in [2.24, 2.45) is 5.92 Å². The first kappa shape index (κ1) is 13.4. The topological polar surface area (TPSA) is 72.2 Å². The highest BCUT2D eigenvalue weighted by Gasteiger charge is 2.18. The van der Waals surface area contributed by atoms with Gasteiger partial charge in [0.15, 0.2) is 0 Å². The second-order valence-corrected chi connectivity index (χ2v) is 6.69. The van der Waals surface area contributed by atoms with Gasteiger partial charge in [0.1, 0.15) is 0 Å². The van der Waals surface area contributed by atoms with E-state index in [0.717, 1.165) is 12.8 Å². The number of hydrogen-bond donors (Lipinski definition) is 2. The molecule has 5 heteroatoms. The van der Waals surface area contributed by atoms with Crippen LogP contribution in [0.25, 0.3) is 0 Å². The van der Waals surface area contributed by atoms with Crippen molar-refractivity contribution in [2.75, 3.05) is 12.3 Å². The molecule has 0 amide bonds. The maximum atomic E-state index is 12.0. The van der Waals surface area contributed by atoms with E-state index in [1.807, 2.05) is 0 Å². The first-order valence-electron chi connectivity index (χ1n) is 6.43. The van der Waals surface area contributed by atoms with E-state index in [1.54, 1.807) is 24.3 Å². The number of nitrogen functional groups attached to an aromatic ring is 1. The highest BCUT2D eigenvalue weighted by atomic mass is 32.2. The summed E-state index contributed by atoms with van der Waals surface area (Å²) >= 11 is 0. The van der Waals surface area contributed by atoms with Crippen molar-refractivity contribution in [3.05, 3.63) is 24.3 Å². The van der Waals surface area contributed by atoms with E-state index in [1.165, 1.54) is 19.3 Å². The van der Waals surface area contributed by atoms with E-state index in [0.29, 0.717) is 18.2 Å². The van der Waals surface area contributed by atoms with Crippen LogP contribution in [0.15, 0.2) is 29.2 Å². The SMILES string of the molecule is Nc1ccc(S(=O)(=O)NCC2CCCCC2)cc1. The zero-order chi connectivity index (χ0) is 13.0. The Morgan fingerprint density at radius 2 is 1.72 bits per heavy atom. The highest BCUT2D eigenvalue weighted by molar-refractivity contribution is 7.89. The Labute approximate surface area is 109 Å². The van der Waals surface area contributed by atoms with Gasteiger partial charge in [-0.25, -0.2) is 13.1 Å². The summed E-state index contributed by atoms with van der Waals surface area (Å²) in [6.07, 6.45) is 5.97. The van der Waals surface area contributed by atoms with Gasteiger partial charge in [0.25, 0.3) is 0 Å². The van der Waals surface area contributed by atoms with Crippen LogP contribution in [-0.2, 0) is 10.0 Å². The van der Waals surface area contributed by atoms with Crippen molar-refractivity contribution in [2.45, 2.75) is 37.0 Å². The van der Waals surface area contributed by atoms with Crippen LogP contribution in [0.4, 0.5) is 5.69 Å². The van der Waals surface area contributed by atoms with Gasteiger partial charge >= 0.3 is 0 Å². The molecule has 1 aromatic carbocycles. The lowest BCUT2D eigenvalue weighted by atomic mass is 9.90. The summed E-state index contributed by atoms with van der Waals surface area (Å²) in [4.78, 5) is 0.285. The van der Waals surface area contributed by atoms with Gasteiger partial charge in [-0.05, 0) is 43.0 Å². The van der Waals surface area contributed by atoms with E-state index in [-0.39, 0.29) is 4.90 Å². The van der Waals surface area contributed by atoms with Crippen molar-refractivity contribution in [3.63, 3.8) is 0 Å². The Bertz CT molecular complexity index is 476. The summed E-state index contributed by atoms with van der Waals surface area (Å²) < 4.78 is 26.8. The van der Waals surface area contributed by atoms with Crippen LogP contribution >= 0.6 is 0 Å². The smallest absolute Gasteiger partial charge is 0.240 e. The molecule has 0 spiro atoms. The number of hydrogen-bond acceptors (Lipinski definition) is 3. The third-order valence-electron chi connectivity index (χ3n) is 3.48. The maximum absolute atomic E-state index is 12.0. The zero-order valence-electron chi connectivity index (χ0n) is 10.4. The molecule has 18 heavy (non-hydrogen) atoms. The van der Waals surface area contributed by atoms with Crippen molar-refractivity contribution in [3.8, 4) is 0 Å². The standard InChI is InChI=1S/C13H20N2O2S/c14-12-6-8-13(9-7-12)18(16,17)15-10-11-4-2-1-3-5-11/h6-9,11,15H,1-5,10,14H2. The molecule has 0 bridgehead atoms. The lowest BCUT2D eigenvalue weighted by molar-refractivity contribution is 0.357. The molecule has 0 radical (unpaired) electrons. The van der Waals surface area contributed by atoms with E-state index < -0.39 is 10.0 Å². The van der Waals surface area contributed by atoms with Crippen LogP contribution in [0.5, 0.6) is 0 Å². The fourth-order valence-corrected chi connectivity index (χ4v) is 3.47. The zero-order valence-corrected chi connectivity index (χ0v) is 11.2. The molecule has 1 aliphatic carbocycles. The summed E-state index contributed by atoms with van der Waals surface area (Å²) in [6.45, 7) is 0.548. The maximum Gasteiger partial charge on any atom is 0.240 e. The molecule has 1 aromatic rings. The van der Waals surface area contributed by atoms with Crippen LogP contribution in [0.2, 0.25) is 0 Å². The monoisotopic (exact) mass is 268 g/mol. The molecule has 1 fully saturated rings. The lowest BCUT2D eigenvalue weighted by Crippen LogP contribution is -2.30. The van der Waals surface area contributed by atoms with Gasteiger partial charge in [0, 0.05) is 12.2 Å². The molecule has 100 valence electrons. The van der Waals surface area contributed by atoms with Crippen LogP contribution in [0, 0.1) is 5.92 Å². The molecule has 3 N–H and O–H groups in total. The van der Waals surface area contributed by atoms with E-state index in [9.17, 15) is 8.42 Å². The van der Waals surface area contributed by atoms with E-state index in [2.05, 4.69) is 4.72 Å². The van der Waals surface area contributed by atoms with Crippen molar-refractivity contribution >= 4 is 15.7 Å². The molecule has 2 rings (SSSR count). The largest absolute Gasteiger partial charge is 0.399 e. The first-order valence-corrected chi connectivity index (χ1v) is 7.91. The Morgan fingerprint density at radius 3 is 2.33 bits per heavy atom. The van der Waals surface area contributed by atoms with Gasteiger partial charge in [-0.3, -0.25) is 0 Å². The van der Waals surface area contributed by atoms with Crippen molar-refractivity contribution in [1.82, 2.24) is 4.72 Å². The lowest BCUT2D eigenvalue weighted by Gasteiger charge is -2.21. The molecule has 4 nitrogen and oxygen atoms in total. The molecule has 0 aliphatic heterocycles. The van der Waals surface area contributed by atoms with Crippen molar-refractivity contribution < 1.29 is 8.42 Å². The van der Waals surface area contributed by atoms with Gasteiger partial charge in [0.2, 0.25) is 10.0 Å². The highest BCUT2D eigenvalue weighted by Crippen LogP contribution is 2.23. The van der Waals surface area contributed by atoms with Gasteiger partial charge < -0.3 is 5.73 Å². The third-order valence-corrected chi connectivity index (χ3v) is 4.92. The van der Waals surface area contributed by atoms with Crippen LogP contribution in [0.1, 0.15) is 32.1 Å². The van der Waals surface area contributed by atoms with Gasteiger partial charge in [-0.1, -0.05) is 19.3 Å². The van der Waals surface area contributed by atoms with Gasteiger partial charge in [0.05, 0.1) is 4.90 Å². The minimum Gasteiger partial charge on any atom is -0.399 e. The van der Waals surface area contributed by atoms with Crippen LogP contribution in [0.3, 0.4) is 0 Å². The first-order chi connectivity index (χ1) is 8.58. The van der Waals surface area contributed by atoms with Gasteiger partial charge in [-0.2, -0.15) is 0 Å². The predicted molar refractivity (Wildman–Crippen MR) is 72.6 cm³/mol. The molecule has 0 aromatic heterocycles. The fraction of sp³-hybridized carbons (Fsp3) is 0.538. The van der Waals surface area contributed by atoms with Crippen LogP contribution < -0.4 is 10.5 Å². The molecule has 1 saturated carbocycles. The number of anilines is 1. The fourth-order valence-electron chi connectivity index (χ4n) is 2.35. The Balaban J connectivity index is 1.96. The number of sulfonamides is 1. The summed E-state index contributed by atoms with van der Waals surface area (Å²) in [5.74, 6) is 0.488. The second kappa shape index (κ2) is 5.71. The number of rotatable bonds is 4. The van der Waals surface area contributed by atoms with Crippen LogP contribution in [-0.4, -0.2) is 15.0 Å². The Hall–Kier alpha value is -1.07. The van der Waals surface area contributed by atoms with Crippen molar-refractivity contribution in [1.29, 1.82) is 0 Å². The summed E-state index contributed by atoms with van der Waals surface area (Å²) in [6, 6.07) is 6.29. The summed E-state index contributed by atoms with van der Waals surface area (Å²) in [7, 11) is -3.38. The molecular weight excluding hydrogens is 248 g/mol. The molecule has 1 aliphatic rings. The quantitative estimate of drug-likeness (QED) is 0.822. The molecular formula is C13H20N2O2S. The van der Waals surface area contributed by atoms with E-state index >= 15 is 0 Å². The third kappa shape index (κ3) is 3.46. The second-order valence-electron chi connectivity index (χ2n) is 4.92.